The Morgan fingerprint density at radius 3 is 1.02 bits per heavy atom. The number of fused-ring (bicyclic) bond motifs is 2. The molecule has 0 atom stereocenters. The average molecular weight is 804 g/mol. The van der Waals surface area contributed by atoms with E-state index >= 15 is 0 Å². The highest BCUT2D eigenvalue weighted by Crippen LogP contribution is 2.47. The van der Waals surface area contributed by atoms with Gasteiger partial charge in [-0.15, -0.1) is 0 Å². The fourth-order valence-corrected chi connectivity index (χ4v) is 9.08. The molecule has 0 N–H and O–H groups in total. The van der Waals surface area contributed by atoms with E-state index < -0.39 is 0 Å². The molecule has 11 aromatic rings. The molecule has 10 aromatic carbocycles. The lowest BCUT2D eigenvalue weighted by Crippen LogP contribution is -2.02. The Kier molecular flexibility index (Phi) is 9.76. The second-order valence-corrected chi connectivity index (χ2v) is 15.9. The van der Waals surface area contributed by atoms with Gasteiger partial charge < -0.3 is 0 Å². The van der Waals surface area contributed by atoms with Crippen LogP contribution in [0.15, 0.2) is 231 Å². The molecule has 0 unspecified atom stereocenters. The molecule has 11 rings (SSSR count). The van der Waals surface area contributed by atoms with Gasteiger partial charge in [-0.05, 0) is 102 Å². The molecule has 0 amide bonds. The van der Waals surface area contributed by atoms with E-state index in [1.165, 1.54) is 44.5 Å². The van der Waals surface area contributed by atoms with Crippen LogP contribution in [0.1, 0.15) is 5.56 Å². The maximum atomic E-state index is 5.40. The van der Waals surface area contributed by atoms with Crippen molar-refractivity contribution in [2.75, 3.05) is 0 Å². The van der Waals surface area contributed by atoms with Gasteiger partial charge in [0.05, 0.1) is 0 Å². The zero-order valence-corrected chi connectivity index (χ0v) is 34.8. The van der Waals surface area contributed by atoms with Crippen LogP contribution in [0.25, 0.3) is 111 Å². The van der Waals surface area contributed by atoms with Gasteiger partial charge in [0, 0.05) is 16.7 Å². The van der Waals surface area contributed by atoms with Crippen molar-refractivity contribution in [3.8, 4) is 89.8 Å². The normalized spacial score (nSPS) is 11.3. The SMILES string of the molecule is Cc1ccccc1-c1c2ccc(-c3ccccc3-c3ccccc3)cc2c(-c2nc(-c3ccccc3)nc(-c3ccccc3)n2)c2ccc(-c3ccccc3-c3ccccc3)cc12. The topological polar surface area (TPSA) is 38.7 Å². The second kappa shape index (κ2) is 16.3. The number of rotatable bonds is 8. The minimum absolute atomic E-state index is 0.625. The first-order chi connectivity index (χ1) is 31.2. The van der Waals surface area contributed by atoms with E-state index in [1.54, 1.807) is 0 Å². The van der Waals surface area contributed by atoms with Crippen LogP contribution < -0.4 is 0 Å². The Hall–Kier alpha value is -8.27. The predicted molar refractivity (Wildman–Crippen MR) is 263 cm³/mol. The molecule has 0 spiro atoms. The van der Waals surface area contributed by atoms with Gasteiger partial charge in [0.15, 0.2) is 17.5 Å². The van der Waals surface area contributed by atoms with Crippen molar-refractivity contribution >= 4 is 21.5 Å². The molecule has 1 heterocycles. The summed E-state index contributed by atoms with van der Waals surface area (Å²) in [6.07, 6.45) is 0. The number of hydrogen-bond donors (Lipinski definition) is 0. The Bertz CT molecular complexity index is 3380. The number of benzene rings is 10. The third kappa shape index (κ3) is 7.06. The average Bonchev–Trinajstić information content (AvgIpc) is 3.36. The van der Waals surface area contributed by atoms with Crippen LogP contribution in [0.5, 0.6) is 0 Å². The molecule has 296 valence electrons. The van der Waals surface area contributed by atoms with E-state index in [2.05, 4.69) is 201 Å². The fourth-order valence-electron chi connectivity index (χ4n) is 9.08. The Balaban J connectivity index is 1.27. The predicted octanol–water partition coefficient (Wildman–Crippen LogP) is 15.8. The van der Waals surface area contributed by atoms with Gasteiger partial charge in [-0.1, -0.05) is 218 Å². The summed E-state index contributed by atoms with van der Waals surface area (Å²) >= 11 is 0. The summed E-state index contributed by atoms with van der Waals surface area (Å²) in [5.74, 6) is 1.88. The molecule has 0 saturated heterocycles. The van der Waals surface area contributed by atoms with Gasteiger partial charge in [-0.3, -0.25) is 0 Å². The van der Waals surface area contributed by atoms with Gasteiger partial charge in [-0.2, -0.15) is 0 Å². The lowest BCUT2D eigenvalue weighted by atomic mass is 9.83. The number of nitrogens with zero attached hydrogens (tertiary/aromatic N) is 3. The van der Waals surface area contributed by atoms with Crippen LogP contribution in [0.3, 0.4) is 0 Å². The van der Waals surface area contributed by atoms with Crippen molar-refractivity contribution in [1.82, 2.24) is 15.0 Å². The monoisotopic (exact) mass is 803 g/mol. The molecule has 0 aliphatic carbocycles. The number of aryl methyl sites for hydroxylation is 1. The summed E-state index contributed by atoms with van der Waals surface area (Å²) in [5, 5.41) is 4.40. The van der Waals surface area contributed by atoms with Gasteiger partial charge in [-0.25, -0.2) is 15.0 Å². The largest absolute Gasteiger partial charge is 0.208 e. The summed E-state index contributed by atoms with van der Waals surface area (Å²) in [7, 11) is 0. The van der Waals surface area contributed by atoms with Crippen molar-refractivity contribution in [2.24, 2.45) is 0 Å². The molecule has 1 aromatic heterocycles. The molecule has 0 fully saturated rings. The summed E-state index contributed by atoms with van der Waals surface area (Å²) < 4.78 is 0. The maximum Gasteiger partial charge on any atom is 0.165 e. The van der Waals surface area contributed by atoms with Gasteiger partial charge >= 0.3 is 0 Å². The number of aromatic nitrogens is 3. The Labute approximate surface area is 367 Å². The van der Waals surface area contributed by atoms with Crippen molar-refractivity contribution in [1.29, 1.82) is 0 Å². The van der Waals surface area contributed by atoms with Crippen molar-refractivity contribution in [3.63, 3.8) is 0 Å². The molecular formula is C60H41N3. The first-order valence-electron chi connectivity index (χ1n) is 21.4. The second-order valence-electron chi connectivity index (χ2n) is 15.9. The number of hydrogen-bond acceptors (Lipinski definition) is 3. The standard InChI is InChI=1S/C60H41N3/c1-40-20-14-15-29-47(40)56-52-36-34-46(51-33-19-17-31-49(51)42-23-8-3-9-24-42)39-55(52)57(60-62-58(43-25-10-4-11-26-43)61-59(63-60)44-27-12-5-13-28-44)53-37-35-45(38-54(53)56)50-32-18-16-30-48(50)41-21-6-2-7-22-41/h2-39H,1H3. The lowest BCUT2D eigenvalue weighted by molar-refractivity contribution is 1.08. The minimum Gasteiger partial charge on any atom is -0.208 e. The molecule has 0 saturated carbocycles. The van der Waals surface area contributed by atoms with Gasteiger partial charge in [0.2, 0.25) is 0 Å². The van der Waals surface area contributed by atoms with E-state index in [9.17, 15) is 0 Å². The van der Waals surface area contributed by atoms with Crippen molar-refractivity contribution in [2.45, 2.75) is 6.92 Å². The highest BCUT2D eigenvalue weighted by atomic mass is 15.0. The molecule has 0 bridgehead atoms. The van der Waals surface area contributed by atoms with Gasteiger partial charge in [0.1, 0.15) is 0 Å². The third-order valence-corrected chi connectivity index (χ3v) is 12.1. The van der Waals surface area contributed by atoms with E-state index in [0.717, 1.165) is 54.9 Å². The molecule has 3 heteroatoms. The van der Waals surface area contributed by atoms with Crippen molar-refractivity contribution < 1.29 is 0 Å². The van der Waals surface area contributed by atoms with Crippen LogP contribution in [0.4, 0.5) is 0 Å². The Morgan fingerprint density at radius 2 is 0.571 bits per heavy atom. The van der Waals surface area contributed by atoms with Gasteiger partial charge in [0.25, 0.3) is 0 Å². The molecular weight excluding hydrogens is 763 g/mol. The highest BCUT2D eigenvalue weighted by Gasteiger charge is 2.23. The van der Waals surface area contributed by atoms with E-state index in [1.807, 2.05) is 36.4 Å². The van der Waals surface area contributed by atoms with Crippen LogP contribution in [-0.4, -0.2) is 15.0 Å². The molecule has 0 aliphatic heterocycles. The molecule has 3 nitrogen and oxygen atoms in total. The quantitative estimate of drug-likeness (QED) is 0.144. The molecule has 0 aliphatic rings. The van der Waals surface area contributed by atoms with E-state index in [4.69, 9.17) is 15.0 Å². The first kappa shape index (κ1) is 37.7. The van der Waals surface area contributed by atoms with E-state index in [-0.39, 0.29) is 0 Å². The minimum atomic E-state index is 0.625. The summed E-state index contributed by atoms with van der Waals surface area (Å²) in [4.78, 5) is 15.9. The van der Waals surface area contributed by atoms with Crippen LogP contribution in [0, 0.1) is 6.92 Å². The fraction of sp³-hybridized carbons (Fsp3) is 0.0167. The zero-order valence-electron chi connectivity index (χ0n) is 34.8. The Morgan fingerprint density at radius 1 is 0.238 bits per heavy atom. The molecule has 63 heavy (non-hydrogen) atoms. The summed E-state index contributed by atoms with van der Waals surface area (Å²) in [6.45, 7) is 2.21. The van der Waals surface area contributed by atoms with Crippen LogP contribution in [0.2, 0.25) is 0 Å². The zero-order chi connectivity index (χ0) is 42.1. The summed E-state index contributed by atoms with van der Waals surface area (Å²) in [6, 6.07) is 81.9. The maximum absolute atomic E-state index is 5.40. The highest BCUT2D eigenvalue weighted by molar-refractivity contribution is 6.22. The van der Waals surface area contributed by atoms with Crippen molar-refractivity contribution in [3.05, 3.63) is 236 Å². The van der Waals surface area contributed by atoms with Crippen LogP contribution in [-0.2, 0) is 0 Å². The summed E-state index contributed by atoms with van der Waals surface area (Å²) in [5.41, 5.74) is 15.7. The third-order valence-electron chi connectivity index (χ3n) is 12.1. The first-order valence-corrected chi connectivity index (χ1v) is 21.4. The van der Waals surface area contributed by atoms with E-state index in [0.29, 0.717) is 17.5 Å². The lowest BCUT2D eigenvalue weighted by Gasteiger charge is -2.21. The van der Waals surface area contributed by atoms with Crippen LogP contribution >= 0.6 is 0 Å². The molecule has 0 radical (unpaired) electrons. The smallest absolute Gasteiger partial charge is 0.165 e.